The van der Waals surface area contributed by atoms with Crippen molar-refractivity contribution in [2.24, 2.45) is 0 Å². The minimum Gasteiger partial charge on any atom is -0.326 e. The Morgan fingerprint density at radius 2 is 1.69 bits per heavy atom. The van der Waals surface area contributed by atoms with Crippen LogP contribution in [0.25, 0.3) is 0 Å². The molecule has 150 valence electrons. The number of nitrogens with one attached hydrogen (secondary N) is 2. The summed E-state index contributed by atoms with van der Waals surface area (Å²) in [6, 6.07) is 18.8. The number of hydrogen-bond acceptors (Lipinski definition) is 3. The van der Waals surface area contributed by atoms with Crippen molar-refractivity contribution in [3.8, 4) is 0 Å². The molecule has 0 aromatic heterocycles. The molecule has 0 aliphatic heterocycles. The molecule has 0 saturated carbocycles. The number of anilines is 2. The van der Waals surface area contributed by atoms with Crippen LogP contribution in [0.15, 0.2) is 71.6 Å². The molecule has 0 spiro atoms. The fourth-order valence-corrected chi connectivity index (χ4v) is 4.02. The van der Waals surface area contributed by atoms with E-state index in [1.807, 2.05) is 38.1 Å². The average molecular weight is 429 g/mol. The minimum atomic E-state index is -3.83. The molecule has 0 atom stereocenters. The lowest BCUT2D eigenvalue weighted by Gasteiger charge is -2.13. The second kappa shape index (κ2) is 8.68. The van der Waals surface area contributed by atoms with Crippen LogP contribution in [-0.2, 0) is 21.2 Å². The molecule has 2 N–H and O–H groups in total. The fraction of sp³-hybridized carbons (Fsp3) is 0.136. The van der Waals surface area contributed by atoms with Crippen LogP contribution in [0.2, 0.25) is 5.02 Å². The number of amides is 1. The summed E-state index contributed by atoms with van der Waals surface area (Å²) in [6.07, 6.45) is 0.206. The van der Waals surface area contributed by atoms with Crippen molar-refractivity contribution in [2.45, 2.75) is 25.2 Å². The van der Waals surface area contributed by atoms with E-state index in [9.17, 15) is 13.2 Å². The fourth-order valence-electron chi connectivity index (χ4n) is 2.75. The molecule has 7 heteroatoms. The van der Waals surface area contributed by atoms with Gasteiger partial charge in [0.05, 0.1) is 17.0 Å². The molecule has 0 aliphatic carbocycles. The van der Waals surface area contributed by atoms with Crippen molar-refractivity contribution >= 4 is 38.9 Å². The van der Waals surface area contributed by atoms with Crippen molar-refractivity contribution in [1.29, 1.82) is 0 Å². The second-order valence-electron chi connectivity index (χ2n) is 6.80. The third-order valence-corrected chi connectivity index (χ3v) is 5.97. The zero-order valence-corrected chi connectivity index (χ0v) is 17.6. The molecule has 5 nitrogen and oxygen atoms in total. The standard InChI is InChI=1S/C22H21ClN2O3S/c1-15-6-9-17(10-7-15)12-22(26)24-21-14-20(11-8-16(21)2)29(27,28)25-19-5-3-4-18(23)13-19/h3-11,13-14,25H,12H2,1-2H3,(H,24,26). The predicted molar refractivity (Wildman–Crippen MR) is 117 cm³/mol. The van der Waals surface area contributed by atoms with Gasteiger partial charge in [0.25, 0.3) is 10.0 Å². The smallest absolute Gasteiger partial charge is 0.261 e. The van der Waals surface area contributed by atoms with Gasteiger partial charge < -0.3 is 5.32 Å². The molecule has 0 heterocycles. The Balaban J connectivity index is 1.78. The zero-order valence-electron chi connectivity index (χ0n) is 16.1. The van der Waals surface area contributed by atoms with Gasteiger partial charge in [-0.2, -0.15) is 0 Å². The van der Waals surface area contributed by atoms with E-state index in [1.165, 1.54) is 18.2 Å². The molecule has 0 saturated heterocycles. The molecule has 3 aromatic rings. The van der Waals surface area contributed by atoms with E-state index < -0.39 is 10.0 Å². The normalized spacial score (nSPS) is 11.1. The Morgan fingerprint density at radius 3 is 2.38 bits per heavy atom. The minimum absolute atomic E-state index is 0.0497. The van der Waals surface area contributed by atoms with Gasteiger partial charge in [-0.25, -0.2) is 8.42 Å². The molecule has 0 fully saturated rings. The Bertz CT molecular complexity index is 1140. The third-order valence-electron chi connectivity index (χ3n) is 4.36. The highest BCUT2D eigenvalue weighted by molar-refractivity contribution is 7.92. The first-order valence-electron chi connectivity index (χ1n) is 8.97. The predicted octanol–water partition coefficient (Wildman–Crippen LogP) is 4.94. The van der Waals surface area contributed by atoms with Gasteiger partial charge in [-0.1, -0.05) is 53.6 Å². The van der Waals surface area contributed by atoms with E-state index in [4.69, 9.17) is 11.6 Å². The van der Waals surface area contributed by atoms with Gasteiger partial charge in [-0.3, -0.25) is 9.52 Å². The molecule has 1 amide bonds. The maximum Gasteiger partial charge on any atom is 0.261 e. The summed E-state index contributed by atoms with van der Waals surface area (Å²) in [5.74, 6) is -0.214. The molecule has 3 rings (SSSR count). The summed E-state index contributed by atoms with van der Waals surface area (Å²) in [6.45, 7) is 3.79. The average Bonchev–Trinajstić information content (AvgIpc) is 2.65. The van der Waals surface area contributed by atoms with Crippen LogP contribution >= 0.6 is 11.6 Å². The molecule has 0 radical (unpaired) electrons. The molecule has 29 heavy (non-hydrogen) atoms. The molecule has 0 unspecified atom stereocenters. The van der Waals surface area contributed by atoms with Crippen LogP contribution in [0.4, 0.5) is 11.4 Å². The van der Waals surface area contributed by atoms with Crippen molar-refractivity contribution in [3.05, 3.63) is 88.4 Å². The van der Waals surface area contributed by atoms with Gasteiger partial charge in [0, 0.05) is 10.7 Å². The van der Waals surface area contributed by atoms with Gasteiger partial charge in [0.15, 0.2) is 0 Å². The number of carbonyl (C=O) groups excluding carboxylic acids is 1. The van der Waals surface area contributed by atoms with Crippen molar-refractivity contribution in [1.82, 2.24) is 0 Å². The maximum absolute atomic E-state index is 12.7. The van der Waals surface area contributed by atoms with Crippen LogP contribution in [0, 0.1) is 13.8 Å². The van der Waals surface area contributed by atoms with Crippen LogP contribution in [0.5, 0.6) is 0 Å². The Kier molecular flexibility index (Phi) is 6.25. The van der Waals surface area contributed by atoms with E-state index in [-0.39, 0.29) is 17.2 Å². The summed E-state index contributed by atoms with van der Waals surface area (Å²) in [5, 5.41) is 3.24. The molecule has 0 bridgehead atoms. The summed E-state index contributed by atoms with van der Waals surface area (Å²) in [5.41, 5.74) is 3.59. The van der Waals surface area contributed by atoms with E-state index in [2.05, 4.69) is 10.0 Å². The molecule has 3 aromatic carbocycles. The molecular weight excluding hydrogens is 408 g/mol. The first-order chi connectivity index (χ1) is 13.7. The lowest BCUT2D eigenvalue weighted by molar-refractivity contribution is -0.115. The highest BCUT2D eigenvalue weighted by atomic mass is 35.5. The maximum atomic E-state index is 12.7. The van der Waals surface area contributed by atoms with E-state index >= 15 is 0 Å². The number of halogens is 1. The largest absolute Gasteiger partial charge is 0.326 e. The summed E-state index contributed by atoms with van der Waals surface area (Å²) in [4.78, 5) is 12.5. The highest BCUT2D eigenvalue weighted by Gasteiger charge is 2.17. The van der Waals surface area contributed by atoms with Crippen LogP contribution < -0.4 is 10.0 Å². The van der Waals surface area contributed by atoms with Gasteiger partial charge in [-0.15, -0.1) is 0 Å². The zero-order chi connectivity index (χ0) is 21.0. The highest BCUT2D eigenvalue weighted by Crippen LogP contribution is 2.24. The monoisotopic (exact) mass is 428 g/mol. The van der Waals surface area contributed by atoms with Crippen LogP contribution in [0.3, 0.4) is 0 Å². The van der Waals surface area contributed by atoms with Gasteiger partial charge >= 0.3 is 0 Å². The first kappa shape index (κ1) is 20.9. The van der Waals surface area contributed by atoms with Crippen molar-refractivity contribution in [2.75, 3.05) is 10.0 Å². The van der Waals surface area contributed by atoms with Gasteiger partial charge in [0.1, 0.15) is 0 Å². The quantitative estimate of drug-likeness (QED) is 0.584. The molecule has 0 aliphatic rings. The Labute approximate surface area is 175 Å². The third kappa shape index (κ3) is 5.59. The summed E-state index contributed by atoms with van der Waals surface area (Å²) in [7, 11) is -3.83. The SMILES string of the molecule is Cc1ccc(CC(=O)Nc2cc(S(=O)(=O)Nc3cccc(Cl)c3)ccc2C)cc1. The number of aryl methyl sites for hydroxylation is 2. The van der Waals surface area contributed by atoms with Crippen molar-refractivity contribution < 1.29 is 13.2 Å². The first-order valence-corrected chi connectivity index (χ1v) is 10.8. The number of rotatable bonds is 6. The molecular formula is C22H21ClN2O3S. The van der Waals surface area contributed by atoms with E-state index in [1.54, 1.807) is 24.3 Å². The van der Waals surface area contributed by atoms with Gasteiger partial charge in [0.2, 0.25) is 5.91 Å². The number of benzene rings is 3. The number of hydrogen-bond donors (Lipinski definition) is 2. The Morgan fingerprint density at radius 1 is 0.966 bits per heavy atom. The van der Waals surface area contributed by atoms with Crippen molar-refractivity contribution in [3.63, 3.8) is 0 Å². The lowest BCUT2D eigenvalue weighted by atomic mass is 10.1. The topological polar surface area (TPSA) is 75.3 Å². The van der Waals surface area contributed by atoms with Crippen LogP contribution in [-0.4, -0.2) is 14.3 Å². The van der Waals surface area contributed by atoms with Gasteiger partial charge in [-0.05, 0) is 55.3 Å². The van der Waals surface area contributed by atoms with Crippen LogP contribution in [0.1, 0.15) is 16.7 Å². The summed E-state index contributed by atoms with van der Waals surface area (Å²) < 4.78 is 27.9. The lowest BCUT2D eigenvalue weighted by Crippen LogP contribution is -2.17. The second-order valence-corrected chi connectivity index (χ2v) is 8.92. The summed E-state index contributed by atoms with van der Waals surface area (Å²) >= 11 is 5.92. The number of sulfonamides is 1. The van der Waals surface area contributed by atoms with E-state index in [0.29, 0.717) is 16.4 Å². The van der Waals surface area contributed by atoms with E-state index in [0.717, 1.165) is 16.7 Å². The number of carbonyl (C=O) groups is 1. The Hall–Kier alpha value is -2.83.